The third-order valence-corrected chi connectivity index (χ3v) is 8.61. The molecule has 1 unspecified atom stereocenters. The molecule has 2 fully saturated rings. The molecule has 0 saturated heterocycles. The van der Waals surface area contributed by atoms with Gasteiger partial charge in [0.25, 0.3) is 0 Å². The van der Waals surface area contributed by atoms with Crippen molar-refractivity contribution in [2.24, 2.45) is 22.7 Å². The Morgan fingerprint density at radius 1 is 1.12 bits per heavy atom. The first kappa shape index (κ1) is 22.9. The predicted octanol–water partition coefficient (Wildman–Crippen LogP) is 3.82. The van der Waals surface area contributed by atoms with Crippen LogP contribution in [0.4, 0.5) is 4.39 Å². The maximum absolute atomic E-state index is 15.4. The Morgan fingerprint density at radius 2 is 1.84 bits per heavy atom. The molecule has 0 amide bonds. The van der Waals surface area contributed by atoms with Crippen LogP contribution >= 0.6 is 0 Å². The summed E-state index contributed by atoms with van der Waals surface area (Å²) in [6, 6.07) is 0. The van der Waals surface area contributed by atoms with E-state index in [1.807, 2.05) is 13.8 Å². The average Bonchev–Trinajstić information content (AvgIpc) is 3.00. The number of alkyl halides is 1. The van der Waals surface area contributed by atoms with Crippen LogP contribution in [0.3, 0.4) is 0 Å². The predicted molar refractivity (Wildman–Crippen MR) is 113 cm³/mol. The van der Waals surface area contributed by atoms with Gasteiger partial charge in [0.2, 0.25) is 5.78 Å². The molecule has 6 atom stereocenters. The Labute approximate surface area is 187 Å². The van der Waals surface area contributed by atoms with E-state index in [1.54, 1.807) is 0 Å². The Bertz CT molecular complexity index is 950. The smallest absolute Gasteiger partial charge is 0.303 e. The highest BCUT2D eigenvalue weighted by molar-refractivity contribution is 5.93. The molecular formula is C25H31FO6. The first-order valence-electron chi connectivity index (χ1n) is 11.4. The van der Waals surface area contributed by atoms with Crippen molar-refractivity contribution in [1.29, 1.82) is 0 Å². The summed E-state index contributed by atoms with van der Waals surface area (Å²) in [5.74, 6) is -1.74. The molecule has 4 aliphatic carbocycles. The fourth-order valence-corrected chi connectivity index (χ4v) is 7.07. The topological polar surface area (TPSA) is 86.7 Å². The molecule has 6 nitrogen and oxygen atoms in total. The van der Waals surface area contributed by atoms with Crippen molar-refractivity contribution < 1.29 is 33.0 Å². The van der Waals surface area contributed by atoms with Gasteiger partial charge in [0.1, 0.15) is 6.17 Å². The number of Topliss-reactive ketones (excluding diaryl/α,β-unsaturated/α-hetero) is 1. The number of carbonyl (C=O) groups is 4. The molecule has 0 heterocycles. The van der Waals surface area contributed by atoms with Gasteiger partial charge in [0, 0.05) is 31.1 Å². The van der Waals surface area contributed by atoms with Gasteiger partial charge in [-0.15, -0.1) is 0 Å². The molecule has 0 radical (unpaired) electrons. The molecule has 0 aromatic heterocycles. The van der Waals surface area contributed by atoms with E-state index in [0.717, 1.165) is 5.57 Å². The maximum Gasteiger partial charge on any atom is 0.303 e. The number of hydrogen-bond donors (Lipinski definition) is 0. The van der Waals surface area contributed by atoms with Crippen molar-refractivity contribution in [1.82, 2.24) is 0 Å². The number of rotatable bonds is 4. The van der Waals surface area contributed by atoms with Gasteiger partial charge in [-0.1, -0.05) is 25.5 Å². The van der Waals surface area contributed by atoms with Crippen LogP contribution in [0.25, 0.3) is 0 Å². The zero-order valence-corrected chi connectivity index (χ0v) is 19.2. The number of ketones is 2. The third kappa shape index (κ3) is 3.19. The van der Waals surface area contributed by atoms with Gasteiger partial charge in [-0.25, -0.2) is 4.39 Å². The molecular weight excluding hydrogens is 415 g/mol. The van der Waals surface area contributed by atoms with Crippen LogP contribution in [-0.2, 0) is 28.7 Å². The lowest BCUT2D eigenvalue weighted by Crippen LogP contribution is -2.58. The largest absolute Gasteiger partial charge is 0.458 e. The average molecular weight is 447 g/mol. The van der Waals surface area contributed by atoms with E-state index in [-0.39, 0.29) is 24.0 Å². The number of hydrogen-bond acceptors (Lipinski definition) is 6. The van der Waals surface area contributed by atoms with Crippen molar-refractivity contribution in [3.63, 3.8) is 0 Å². The molecule has 4 rings (SSSR count). The summed E-state index contributed by atoms with van der Waals surface area (Å²) >= 11 is 0. The van der Waals surface area contributed by atoms with E-state index in [4.69, 9.17) is 9.47 Å². The molecule has 4 aliphatic rings. The first-order chi connectivity index (χ1) is 14.9. The van der Waals surface area contributed by atoms with E-state index in [2.05, 4.69) is 6.08 Å². The number of halogens is 1. The summed E-state index contributed by atoms with van der Waals surface area (Å²) in [5, 5.41) is 0. The van der Waals surface area contributed by atoms with Crippen LogP contribution in [0.5, 0.6) is 0 Å². The van der Waals surface area contributed by atoms with Crippen LogP contribution in [0.2, 0.25) is 0 Å². The minimum absolute atomic E-state index is 0.0226. The summed E-state index contributed by atoms with van der Waals surface area (Å²) in [6.07, 6.45) is 5.05. The van der Waals surface area contributed by atoms with E-state index in [1.165, 1.54) is 19.9 Å². The van der Waals surface area contributed by atoms with Gasteiger partial charge < -0.3 is 9.47 Å². The Balaban J connectivity index is 1.76. The van der Waals surface area contributed by atoms with E-state index in [0.29, 0.717) is 37.7 Å². The standard InChI is InChI=1S/C25H31FO6/c1-14(27)31-13-22(30)25(32-15(2)28)10-7-19-17-12-21(26)20-11-16(29)5-8-23(20,3)18(17)6-9-24(19,25)4/h6,11,17,19,21H,5,7-10,12-13H2,1-4H3/t17-,19+,21?,23-,24+,25+/m1/s1. The lowest BCUT2D eigenvalue weighted by molar-refractivity contribution is -0.184. The first-order valence-corrected chi connectivity index (χ1v) is 11.4. The monoisotopic (exact) mass is 446 g/mol. The maximum atomic E-state index is 15.4. The molecule has 0 bridgehead atoms. The molecule has 0 aliphatic heterocycles. The summed E-state index contributed by atoms with van der Waals surface area (Å²) < 4.78 is 26.1. The normalized spacial score (nSPS) is 40.3. The van der Waals surface area contributed by atoms with Gasteiger partial charge in [0.15, 0.2) is 18.0 Å². The van der Waals surface area contributed by atoms with Crippen LogP contribution in [0, 0.1) is 22.7 Å². The highest BCUT2D eigenvalue weighted by Crippen LogP contribution is 2.66. The van der Waals surface area contributed by atoms with Gasteiger partial charge in [0.05, 0.1) is 0 Å². The van der Waals surface area contributed by atoms with Crippen LogP contribution in [-0.4, -0.2) is 41.9 Å². The second-order valence-electron chi connectivity index (χ2n) is 10.3. The van der Waals surface area contributed by atoms with E-state index >= 15 is 4.39 Å². The number of ether oxygens (including phenoxy) is 2. The number of allylic oxidation sites excluding steroid dienone is 4. The lowest BCUT2D eigenvalue weighted by Gasteiger charge is -2.55. The van der Waals surface area contributed by atoms with Gasteiger partial charge in [-0.3, -0.25) is 19.2 Å². The van der Waals surface area contributed by atoms with Crippen LogP contribution in [0.1, 0.15) is 66.2 Å². The minimum Gasteiger partial charge on any atom is -0.458 e. The molecule has 174 valence electrons. The molecule has 2 saturated carbocycles. The highest BCUT2D eigenvalue weighted by atomic mass is 19.1. The van der Waals surface area contributed by atoms with E-state index in [9.17, 15) is 19.2 Å². The summed E-state index contributed by atoms with van der Waals surface area (Å²) in [5.41, 5.74) is -0.904. The van der Waals surface area contributed by atoms with Gasteiger partial charge in [-0.2, -0.15) is 0 Å². The highest BCUT2D eigenvalue weighted by Gasteiger charge is 2.67. The number of carbonyl (C=O) groups excluding carboxylic acids is 4. The summed E-state index contributed by atoms with van der Waals surface area (Å²) in [4.78, 5) is 48.7. The minimum atomic E-state index is -1.41. The summed E-state index contributed by atoms with van der Waals surface area (Å²) in [6.45, 7) is 6.02. The molecule has 7 heteroatoms. The fourth-order valence-electron chi connectivity index (χ4n) is 7.07. The molecule has 0 spiro atoms. The molecule has 0 N–H and O–H groups in total. The van der Waals surface area contributed by atoms with Crippen molar-refractivity contribution >= 4 is 23.5 Å². The second-order valence-corrected chi connectivity index (χ2v) is 10.3. The zero-order chi connectivity index (χ0) is 23.5. The SMILES string of the molecule is CC(=O)OCC(=O)[C@@]1(OC(C)=O)CC[C@H]2[C@@H]3CC(F)C4=CC(=O)CC[C@]4(C)C3=CC[C@@]21C. The Morgan fingerprint density at radius 3 is 2.50 bits per heavy atom. The molecule has 0 aromatic rings. The van der Waals surface area contributed by atoms with Crippen molar-refractivity contribution in [3.8, 4) is 0 Å². The van der Waals surface area contributed by atoms with Crippen molar-refractivity contribution in [3.05, 3.63) is 23.3 Å². The Hall–Kier alpha value is -2.31. The number of fused-ring (bicyclic) bond motifs is 5. The second kappa shape index (κ2) is 7.63. The van der Waals surface area contributed by atoms with Gasteiger partial charge >= 0.3 is 11.9 Å². The molecule has 32 heavy (non-hydrogen) atoms. The van der Waals surface area contributed by atoms with Gasteiger partial charge in [-0.05, 0) is 55.6 Å². The van der Waals surface area contributed by atoms with E-state index < -0.39 is 46.9 Å². The fraction of sp³-hybridized carbons (Fsp3) is 0.680. The lowest BCUT2D eigenvalue weighted by atomic mass is 9.50. The van der Waals surface area contributed by atoms with Crippen LogP contribution in [0.15, 0.2) is 23.3 Å². The van der Waals surface area contributed by atoms with Crippen LogP contribution < -0.4 is 0 Å². The third-order valence-electron chi connectivity index (χ3n) is 8.61. The summed E-state index contributed by atoms with van der Waals surface area (Å²) in [7, 11) is 0. The zero-order valence-electron chi connectivity index (χ0n) is 19.2. The number of esters is 2. The molecule has 0 aromatic carbocycles. The quantitative estimate of drug-likeness (QED) is 0.482. The van der Waals surface area contributed by atoms with Crippen molar-refractivity contribution in [2.75, 3.05) is 6.61 Å². The van der Waals surface area contributed by atoms with Crippen molar-refractivity contribution in [2.45, 2.75) is 78.0 Å². The Kier molecular flexibility index (Phi) is 5.45.